The van der Waals surface area contributed by atoms with E-state index in [1.54, 1.807) is 12.2 Å². The van der Waals surface area contributed by atoms with E-state index >= 15 is 0 Å². The summed E-state index contributed by atoms with van der Waals surface area (Å²) in [5.41, 5.74) is 1.59. The molecular formula is C16H14ClNO2S. The van der Waals surface area contributed by atoms with E-state index in [0.717, 1.165) is 10.6 Å². The molecule has 0 N–H and O–H groups in total. The van der Waals surface area contributed by atoms with Gasteiger partial charge in [0.15, 0.2) is 0 Å². The second-order valence-electron chi connectivity index (χ2n) is 4.12. The molecule has 0 radical (unpaired) electrons. The SMILES string of the molecule is C/C=C/C=C/C(=O)OCc1csc(-c2ccccc2Cl)n1. The summed E-state index contributed by atoms with van der Waals surface area (Å²) in [5.74, 6) is -0.389. The first-order valence-electron chi connectivity index (χ1n) is 6.36. The molecule has 0 amide bonds. The van der Waals surface area contributed by atoms with Gasteiger partial charge in [0.2, 0.25) is 0 Å². The quantitative estimate of drug-likeness (QED) is 0.458. The van der Waals surface area contributed by atoms with Crippen molar-refractivity contribution < 1.29 is 9.53 Å². The standard InChI is InChI=1S/C16H14ClNO2S/c1-2-3-4-9-15(19)20-10-12-11-21-16(18-12)13-7-5-6-8-14(13)17/h2-9,11H,10H2,1H3/b3-2+,9-4+. The van der Waals surface area contributed by atoms with Crippen molar-refractivity contribution in [3.05, 3.63) is 64.7 Å². The molecule has 0 atom stereocenters. The van der Waals surface area contributed by atoms with Gasteiger partial charge in [-0.2, -0.15) is 0 Å². The average Bonchev–Trinajstić information content (AvgIpc) is 2.94. The number of benzene rings is 1. The lowest BCUT2D eigenvalue weighted by Gasteiger charge is -1.99. The Morgan fingerprint density at radius 2 is 2.19 bits per heavy atom. The van der Waals surface area contributed by atoms with E-state index in [9.17, 15) is 4.79 Å². The van der Waals surface area contributed by atoms with Crippen molar-refractivity contribution in [2.24, 2.45) is 0 Å². The van der Waals surface area contributed by atoms with Gasteiger partial charge in [-0.15, -0.1) is 11.3 Å². The molecule has 3 nitrogen and oxygen atoms in total. The third-order valence-corrected chi connectivity index (χ3v) is 3.81. The van der Waals surface area contributed by atoms with Crippen LogP contribution < -0.4 is 0 Å². The fraction of sp³-hybridized carbons (Fsp3) is 0.125. The Bertz CT molecular complexity index is 676. The lowest BCUT2D eigenvalue weighted by molar-refractivity contribution is -0.139. The van der Waals surface area contributed by atoms with E-state index in [1.807, 2.05) is 42.6 Å². The number of ether oxygens (including phenoxy) is 1. The van der Waals surface area contributed by atoms with Crippen LogP contribution in [0.2, 0.25) is 5.02 Å². The molecule has 108 valence electrons. The molecule has 0 aliphatic carbocycles. The van der Waals surface area contributed by atoms with Gasteiger partial charge in [-0.25, -0.2) is 9.78 Å². The van der Waals surface area contributed by atoms with Crippen LogP contribution in [0.5, 0.6) is 0 Å². The minimum absolute atomic E-state index is 0.153. The van der Waals surface area contributed by atoms with E-state index in [0.29, 0.717) is 10.7 Å². The maximum Gasteiger partial charge on any atom is 0.331 e. The van der Waals surface area contributed by atoms with Crippen LogP contribution in [0.25, 0.3) is 10.6 Å². The number of aromatic nitrogens is 1. The minimum Gasteiger partial charge on any atom is -0.456 e. The molecule has 0 saturated carbocycles. The zero-order valence-corrected chi connectivity index (χ0v) is 13.0. The molecule has 0 spiro atoms. The molecule has 1 aromatic carbocycles. The highest BCUT2D eigenvalue weighted by atomic mass is 35.5. The molecule has 0 bridgehead atoms. The highest BCUT2D eigenvalue weighted by Gasteiger charge is 2.08. The van der Waals surface area contributed by atoms with Gasteiger partial charge in [0, 0.05) is 17.0 Å². The monoisotopic (exact) mass is 319 g/mol. The van der Waals surface area contributed by atoms with Gasteiger partial charge in [-0.3, -0.25) is 0 Å². The van der Waals surface area contributed by atoms with Gasteiger partial charge < -0.3 is 4.74 Å². The van der Waals surface area contributed by atoms with Crippen LogP contribution in [-0.4, -0.2) is 11.0 Å². The highest BCUT2D eigenvalue weighted by molar-refractivity contribution is 7.13. The minimum atomic E-state index is -0.389. The Morgan fingerprint density at radius 1 is 1.38 bits per heavy atom. The Hall–Kier alpha value is -1.91. The molecule has 21 heavy (non-hydrogen) atoms. The van der Waals surface area contributed by atoms with Crippen molar-refractivity contribution >= 4 is 28.9 Å². The van der Waals surface area contributed by atoms with Crippen LogP contribution in [0.4, 0.5) is 0 Å². The molecule has 0 aliphatic heterocycles. The Balaban J connectivity index is 1.98. The van der Waals surface area contributed by atoms with Gasteiger partial charge in [0.05, 0.1) is 10.7 Å². The van der Waals surface area contributed by atoms with Crippen molar-refractivity contribution in [3.8, 4) is 10.6 Å². The number of allylic oxidation sites excluding steroid dienone is 3. The number of carbonyl (C=O) groups excluding carboxylic acids is 1. The van der Waals surface area contributed by atoms with E-state index in [2.05, 4.69) is 4.98 Å². The van der Waals surface area contributed by atoms with Crippen LogP contribution in [-0.2, 0) is 16.1 Å². The lowest BCUT2D eigenvalue weighted by Crippen LogP contribution is -2.00. The number of nitrogens with zero attached hydrogens (tertiary/aromatic N) is 1. The first-order chi connectivity index (χ1) is 10.2. The number of hydrogen-bond acceptors (Lipinski definition) is 4. The maximum absolute atomic E-state index is 11.4. The normalized spacial score (nSPS) is 11.3. The summed E-state index contributed by atoms with van der Waals surface area (Å²) >= 11 is 7.61. The average molecular weight is 320 g/mol. The van der Waals surface area contributed by atoms with Crippen molar-refractivity contribution in [2.75, 3.05) is 0 Å². The molecule has 0 aliphatic rings. The van der Waals surface area contributed by atoms with E-state index < -0.39 is 0 Å². The van der Waals surface area contributed by atoms with Crippen LogP contribution >= 0.6 is 22.9 Å². The lowest BCUT2D eigenvalue weighted by atomic mass is 10.2. The molecule has 5 heteroatoms. The number of esters is 1. The van der Waals surface area contributed by atoms with E-state index in [4.69, 9.17) is 16.3 Å². The van der Waals surface area contributed by atoms with Crippen molar-refractivity contribution in [1.29, 1.82) is 0 Å². The number of carbonyl (C=O) groups is 1. The van der Waals surface area contributed by atoms with Crippen molar-refractivity contribution in [3.63, 3.8) is 0 Å². The Labute approximate surface area is 132 Å². The summed E-state index contributed by atoms with van der Waals surface area (Å²) in [6.45, 7) is 2.03. The largest absolute Gasteiger partial charge is 0.456 e. The second kappa shape index (κ2) is 7.76. The summed E-state index contributed by atoms with van der Waals surface area (Å²) in [5, 5.41) is 3.34. The number of rotatable bonds is 5. The van der Waals surface area contributed by atoms with Crippen LogP contribution in [0, 0.1) is 0 Å². The zero-order valence-electron chi connectivity index (χ0n) is 11.5. The Kier molecular flexibility index (Phi) is 5.72. The van der Waals surface area contributed by atoms with Gasteiger partial charge >= 0.3 is 5.97 Å². The number of thiazole rings is 1. The van der Waals surface area contributed by atoms with Crippen LogP contribution in [0.3, 0.4) is 0 Å². The van der Waals surface area contributed by atoms with E-state index in [-0.39, 0.29) is 12.6 Å². The molecule has 2 rings (SSSR count). The Morgan fingerprint density at radius 3 is 2.95 bits per heavy atom. The van der Waals surface area contributed by atoms with Crippen molar-refractivity contribution in [1.82, 2.24) is 4.98 Å². The van der Waals surface area contributed by atoms with Gasteiger partial charge in [-0.1, -0.05) is 48.0 Å². The fourth-order valence-corrected chi connectivity index (χ4v) is 2.69. The smallest absolute Gasteiger partial charge is 0.331 e. The molecular weight excluding hydrogens is 306 g/mol. The van der Waals surface area contributed by atoms with E-state index in [1.165, 1.54) is 17.4 Å². The number of halogens is 1. The summed E-state index contributed by atoms with van der Waals surface area (Å²) in [6, 6.07) is 7.52. The van der Waals surface area contributed by atoms with Gasteiger partial charge in [0.25, 0.3) is 0 Å². The van der Waals surface area contributed by atoms with Crippen molar-refractivity contribution in [2.45, 2.75) is 13.5 Å². The predicted molar refractivity (Wildman–Crippen MR) is 86.3 cm³/mol. The van der Waals surface area contributed by atoms with Gasteiger partial charge in [-0.05, 0) is 13.0 Å². The summed E-state index contributed by atoms with van der Waals surface area (Å²) in [6.07, 6.45) is 6.61. The number of hydrogen-bond donors (Lipinski definition) is 0. The summed E-state index contributed by atoms with van der Waals surface area (Å²) in [7, 11) is 0. The first-order valence-corrected chi connectivity index (χ1v) is 7.62. The molecule has 0 unspecified atom stereocenters. The molecule has 0 fully saturated rings. The predicted octanol–water partition coefficient (Wildman–Crippen LogP) is 4.64. The van der Waals surface area contributed by atoms with Crippen LogP contribution in [0.1, 0.15) is 12.6 Å². The zero-order chi connectivity index (χ0) is 15.1. The highest BCUT2D eigenvalue weighted by Crippen LogP contribution is 2.30. The molecule has 0 saturated heterocycles. The first kappa shape index (κ1) is 15.5. The topological polar surface area (TPSA) is 39.2 Å². The third kappa shape index (κ3) is 4.55. The summed E-state index contributed by atoms with van der Waals surface area (Å²) < 4.78 is 5.11. The second-order valence-corrected chi connectivity index (χ2v) is 5.38. The molecule has 1 aromatic heterocycles. The molecule has 2 aromatic rings. The van der Waals surface area contributed by atoms with Gasteiger partial charge in [0.1, 0.15) is 11.6 Å². The third-order valence-electron chi connectivity index (χ3n) is 2.55. The maximum atomic E-state index is 11.4. The fourth-order valence-electron chi connectivity index (χ4n) is 1.57. The molecule has 1 heterocycles. The van der Waals surface area contributed by atoms with Crippen LogP contribution in [0.15, 0.2) is 53.9 Å². The summed E-state index contributed by atoms with van der Waals surface area (Å²) in [4.78, 5) is 15.9.